The Balaban J connectivity index is 1.46. The molecule has 0 radical (unpaired) electrons. The number of hydrogen-bond acceptors (Lipinski definition) is 3. The molecule has 0 spiro atoms. The van der Waals surface area contributed by atoms with Gasteiger partial charge in [-0.3, -0.25) is 4.79 Å². The maximum absolute atomic E-state index is 13.3. The van der Waals surface area contributed by atoms with Gasteiger partial charge in [0.1, 0.15) is 24.7 Å². The van der Waals surface area contributed by atoms with Gasteiger partial charge in [-0.05, 0) is 53.9 Å². The first-order chi connectivity index (χ1) is 12.5. The molecule has 1 amide bonds. The Bertz CT molecular complexity index is 934. The fourth-order valence-electron chi connectivity index (χ4n) is 2.56. The van der Waals surface area contributed by atoms with Crippen LogP contribution in [0.5, 0.6) is 5.75 Å². The molecule has 7 heteroatoms. The number of carboxylic acid groups (broad SMARTS) is 1. The molecule has 2 aromatic carbocycles. The monoisotopic (exact) mass is 356 g/mol. The molecule has 0 fully saturated rings. The number of fused-ring (bicyclic) bond motifs is 1. The summed E-state index contributed by atoms with van der Waals surface area (Å²) in [4.78, 5) is 22.8. The third-order valence-corrected chi connectivity index (χ3v) is 3.84. The molecule has 134 valence electrons. The van der Waals surface area contributed by atoms with Crippen molar-refractivity contribution in [2.45, 2.75) is 6.54 Å². The van der Waals surface area contributed by atoms with Crippen LogP contribution in [0.25, 0.3) is 10.9 Å². The van der Waals surface area contributed by atoms with Gasteiger partial charge >= 0.3 is 5.97 Å². The van der Waals surface area contributed by atoms with Crippen LogP contribution in [0.3, 0.4) is 0 Å². The number of benzene rings is 2. The fourth-order valence-corrected chi connectivity index (χ4v) is 2.56. The van der Waals surface area contributed by atoms with Gasteiger partial charge in [0.05, 0.1) is 17.6 Å². The van der Waals surface area contributed by atoms with Crippen LogP contribution in [0.15, 0.2) is 54.7 Å². The van der Waals surface area contributed by atoms with Gasteiger partial charge in [0.2, 0.25) is 5.91 Å². The van der Waals surface area contributed by atoms with Crippen molar-refractivity contribution in [3.63, 3.8) is 0 Å². The average Bonchev–Trinajstić information content (AvgIpc) is 3.01. The number of aromatic nitrogens is 1. The van der Waals surface area contributed by atoms with E-state index in [1.807, 2.05) is 6.07 Å². The molecule has 2 N–H and O–H groups in total. The van der Waals surface area contributed by atoms with E-state index < -0.39 is 5.97 Å². The normalized spacial score (nSPS) is 10.7. The van der Waals surface area contributed by atoms with E-state index in [-0.39, 0.29) is 30.4 Å². The molecule has 26 heavy (non-hydrogen) atoms. The fraction of sp³-hybridized carbons (Fsp3) is 0.158. The van der Waals surface area contributed by atoms with Gasteiger partial charge < -0.3 is 19.7 Å². The first-order valence-electron chi connectivity index (χ1n) is 8.00. The van der Waals surface area contributed by atoms with Crippen molar-refractivity contribution < 1.29 is 23.8 Å². The van der Waals surface area contributed by atoms with E-state index in [4.69, 9.17) is 9.84 Å². The molecule has 0 unspecified atom stereocenters. The Morgan fingerprint density at radius 3 is 2.62 bits per heavy atom. The van der Waals surface area contributed by atoms with Crippen LogP contribution < -0.4 is 10.1 Å². The highest BCUT2D eigenvalue weighted by molar-refractivity contribution is 5.87. The van der Waals surface area contributed by atoms with Crippen molar-refractivity contribution in [3.05, 3.63) is 66.1 Å². The lowest BCUT2D eigenvalue weighted by Crippen LogP contribution is -2.31. The molecule has 0 saturated heterocycles. The molecule has 3 aromatic rings. The second kappa shape index (κ2) is 7.69. The zero-order chi connectivity index (χ0) is 18.5. The zero-order valence-electron chi connectivity index (χ0n) is 13.8. The van der Waals surface area contributed by atoms with Gasteiger partial charge in [0.25, 0.3) is 0 Å². The number of carbonyl (C=O) groups excluding carboxylic acids is 1. The highest BCUT2D eigenvalue weighted by Crippen LogP contribution is 2.17. The largest absolute Gasteiger partial charge is 0.492 e. The van der Waals surface area contributed by atoms with E-state index in [1.165, 1.54) is 24.3 Å². The van der Waals surface area contributed by atoms with E-state index in [0.29, 0.717) is 17.8 Å². The third kappa shape index (κ3) is 4.18. The molecule has 1 heterocycles. The van der Waals surface area contributed by atoms with Crippen molar-refractivity contribution >= 4 is 22.8 Å². The summed E-state index contributed by atoms with van der Waals surface area (Å²) in [6.45, 7) is 0.631. The van der Waals surface area contributed by atoms with Crippen molar-refractivity contribution in [1.29, 1.82) is 0 Å². The van der Waals surface area contributed by atoms with Crippen LogP contribution in [0, 0.1) is 5.82 Å². The summed E-state index contributed by atoms with van der Waals surface area (Å²) in [5, 5.41) is 12.4. The second-order valence-electron chi connectivity index (χ2n) is 5.67. The number of nitrogens with zero attached hydrogens (tertiary/aromatic N) is 1. The quantitative estimate of drug-likeness (QED) is 0.638. The molecule has 0 saturated carbocycles. The zero-order valence-corrected chi connectivity index (χ0v) is 13.8. The topological polar surface area (TPSA) is 80.6 Å². The lowest BCUT2D eigenvalue weighted by atomic mass is 10.2. The van der Waals surface area contributed by atoms with Gasteiger partial charge in [-0.25, -0.2) is 9.18 Å². The summed E-state index contributed by atoms with van der Waals surface area (Å²) < 4.78 is 20.5. The van der Waals surface area contributed by atoms with Crippen LogP contribution in [0.4, 0.5) is 4.39 Å². The Morgan fingerprint density at radius 1 is 1.12 bits per heavy atom. The van der Waals surface area contributed by atoms with Gasteiger partial charge in [-0.2, -0.15) is 0 Å². The number of ether oxygens (including phenoxy) is 1. The summed E-state index contributed by atoms with van der Waals surface area (Å²) in [6.07, 6.45) is 1.74. The predicted octanol–water partition coefficient (Wildman–Crippen LogP) is 2.67. The number of amides is 1. The van der Waals surface area contributed by atoms with Gasteiger partial charge in [-0.15, -0.1) is 0 Å². The number of nitrogens with one attached hydrogen (secondary N) is 1. The maximum atomic E-state index is 13.3. The summed E-state index contributed by atoms with van der Waals surface area (Å²) in [5.41, 5.74) is 0.843. The number of carbonyl (C=O) groups is 2. The van der Waals surface area contributed by atoms with Crippen LogP contribution in [0.1, 0.15) is 10.4 Å². The van der Waals surface area contributed by atoms with Gasteiger partial charge in [-0.1, -0.05) is 0 Å². The highest BCUT2D eigenvalue weighted by atomic mass is 19.1. The molecule has 0 aliphatic rings. The number of hydrogen-bond donors (Lipinski definition) is 2. The molecule has 1 aromatic heterocycles. The number of aromatic carboxylic acids is 1. The van der Waals surface area contributed by atoms with Crippen molar-refractivity contribution in [2.75, 3.05) is 13.2 Å². The van der Waals surface area contributed by atoms with Crippen LogP contribution in [-0.2, 0) is 11.3 Å². The Hall–Kier alpha value is -3.35. The SMILES string of the molecule is O=C(Cn1ccc2ccc(F)cc21)NCCOc1ccc(C(=O)O)cc1. The lowest BCUT2D eigenvalue weighted by molar-refractivity contribution is -0.121. The van der Waals surface area contributed by atoms with Gasteiger partial charge in [0, 0.05) is 6.20 Å². The predicted molar refractivity (Wildman–Crippen MR) is 93.8 cm³/mol. The van der Waals surface area contributed by atoms with Crippen LogP contribution >= 0.6 is 0 Å². The second-order valence-corrected chi connectivity index (χ2v) is 5.67. The molecular formula is C19H17FN2O4. The summed E-state index contributed by atoms with van der Waals surface area (Å²) in [7, 11) is 0. The molecule has 0 aliphatic heterocycles. The first-order valence-corrected chi connectivity index (χ1v) is 8.00. The minimum Gasteiger partial charge on any atom is -0.492 e. The molecule has 6 nitrogen and oxygen atoms in total. The number of carboxylic acids is 1. The Labute approximate surface area is 148 Å². The van der Waals surface area contributed by atoms with E-state index in [9.17, 15) is 14.0 Å². The average molecular weight is 356 g/mol. The van der Waals surface area contributed by atoms with E-state index in [2.05, 4.69) is 5.32 Å². The Morgan fingerprint density at radius 2 is 1.88 bits per heavy atom. The maximum Gasteiger partial charge on any atom is 0.335 e. The van der Waals surface area contributed by atoms with Crippen molar-refractivity contribution in [2.24, 2.45) is 0 Å². The van der Waals surface area contributed by atoms with Crippen molar-refractivity contribution in [1.82, 2.24) is 9.88 Å². The molecule has 3 rings (SSSR count). The highest BCUT2D eigenvalue weighted by Gasteiger charge is 2.07. The molecular weight excluding hydrogens is 339 g/mol. The standard InChI is InChI=1S/C19H17FN2O4/c20-15-4-1-13-7-9-22(17(13)11-15)12-18(23)21-8-10-26-16-5-2-14(3-6-16)19(24)25/h1-7,9,11H,8,10,12H2,(H,21,23)(H,24,25). The minimum atomic E-state index is -0.999. The Kier molecular flexibility index (Phi) is 5.17. The first kappa shape index (κ1) is 17.5. The van der Waals surface area contributed by atoms with E-state index in [0.717, 1.165) is 5.39 Å². The van der Waals surface area contributed by atoms with Crippen LogP contribution in [0.2, 0.25) is 0 Å². The summed E-state index contributed by atoms with van der Waals surface area (Å²) in [5.74, 6) is -1.03. The lowest BCUT2D eigenvalue weighted by Gasteiger charge is -2.09. The summed E-state index contributed by atoms with van der Waals surface area (Å²) >= 11 is 0. The molecule has 0 bridgehead atoms. The smallest absolute Gasteiger partial charge is 0.335 e. The van der Waals surface area contributed by atoms with Crippen LogP contribution in [-0.4, -0.2) is 34.7 Å². The number of rotatable bonds is 7. The third-order valence-electron chi connectivity index (χ3n) is 3.84. The van der Waals surface area contributed by atoms with Gasteiger partial charge in [0.15, 0.2) is 0 Å². The van der Waals surface area contributed by atoms with E-state index in [1.54, 1.807) is 29.0 Å². The minimum absolute atomic E-state index is 0.0836. The summed E-state index contributed by atoms with van der Waals surface area (Å²) in [6, 6.07) is 12.3. The van der Waals surface area contributed by atoms with Crippen molar-refractivity contribution in [3.8, 4) is 5.75 Å². The van der Waals surface area contributed by atoms with E-state index >= 15 is 0 Å². The molecule has 0 atom stereocenters. The number of halogens is 1. The molecule has 0 aliphatic carbocycles.